The number of benzene rings is 2. The predicted octanol–water partition coefficient (Wildman–Crippen LogP) is 3.13. The molecule has 1 aliphatic rings. The second-order valence-electron chi connectivity index (χ2n) is 5.97. The minimum Gasteiger partial charge on any atom is -0.496 e. The van der Waals surface area contributed by atoms with Gasteiger partial charge in [-0.3, -0.25) is 4.79 Å². The van der Waals surface area contributed by atoms with E-state index in [4.69, 9.17) is 9.47 Å². The number of nitrogens with one attached hydrogen (secondary N) is 2. The van der Waals surface area contributed by atoms with Crippen molar-refractivity contribution in [3.8, 4) is 5.75 Å². The summed E-state index contributed by atoms with van der Waals surface area (Å²) in [4.78, 5) is 12.0. The first-order valence-corrected chi connectivity index (χ1v) is 8.60. The first-order chi connectivity index (χ1) is 12.2. The van der Waals surface area contributed by atoms with Gasteiger partial charge in [-0.2, -0.15) is 0 Å². The molecule has 0 radical (unpaired) electrons. The summed E-state index contributed by atoms with van der Waals surface area (Å²) in [5.74, 6) is 0.847. The summed E-state index contributed by atoms with van der Waals surface area (Å²) in [6, 6.07) is 11.9. The van der Waals surface area contributed by atoms with E-state index < -0.39 is 0 Å². The number of amides is 1. The van der Waals surface area contributed by atoms with Gasteiger partial charge in [-0.1, -0.05) is 12.1 Å². The normalized spacial score (nSPS) is 13.1. The second-order valence-corrected chi connectivity index (χ2v) is 5.97. The van der Waals surface area contributed by atoms with Crippen LogP contribution in [-0.4, -0.2) is 26.2 Å². The van der Waals surface area contributed by atoms with Crippen LogP contribution in [0.4, 0.5) is 5.69 Å². The number of hydrogen-bond acceptors (Lipinski definition) is 4. The summed E-state index contributed by atoms with van der Waals surface area (Å²) in [5, 5.41) is 6.35. The van der Waals surface area contributed by atoms with Crippen LogP contribution in [0.1, 0.15) is 34.0 Å². The predicted molar refractivity (Wildman–Crippen MR) is 98.1 cm³/mol. The fourth-order valence-corrected chi connectivity index (χ4v) is 3.09. The average molecular weight is 340 g/mol. The highest BCUT2D eigenvalue weighted by molar-refractivity contribution is 5.98. The molecule has 5 nitrogen and oxygen atoms in total. The third-order valence-electron chi connectivity index (χ3n) is 4.37. The van der Waals surface area contributed by atoms with Gasteiger partial charge in [0.1, 0.15) is 5.75 Å². The maximum atomic E-state index is 12.0. The fraction of sp³-hybridized carbons (Fsp3) is 0.350. The quantitative estimate of drug-likeness (QED) is 0.813. The van der Waals surface area contributed by atoms with Crippen LogP contribution in [-0.2, 0) is 24.3 Å². The Bertz CT molecular complexity index is 759. The van der Waals surface area contributed by atoms with Crippen LogP contribution in [0.3, 0.4) is 0 Å². The molecular weight excluding hydrogens is 316 g/mol. The lowest BCUT2D eigenvalue weighted by Crippen LogP contribution is -2.32. The van der Waals surface area contributed by atoms with Crippen molar-refractivity contribution in [2.75, 3.05) is 25.6 Å². The molecule has 5 heteroatoms. The monoisotopic (exact) mass is 340 g/mol. The highest BCUT2D eigenvalue weighted by Crippen LogP contribution is 2.25. The van der Waals surface area contributed by atoms with Crippen molar-refractivity contribution in [1.82, 2.24) is 5.32 Å². The summed E-state index contributed by atoms with van der Waals surface area (Å²) in [6.07, 6.45) is 0.850. The molecule has 132 valence electrons. The summed E-state index contributed by atoms with van der Waals surface area (Å²) in [5.41, 5.74) is 5.07. The zero-order chi connectivity index (χ0) is 17.6. The number of anilines is 1. The van der Waals surface area contributed by atoms with Crippen LogP contribution >= 0.6 is 0 Å². The van der Waals surface area contributed by atoms with E-state index in [1.165, 1.54) is 0 Å². The molecule has 3 rings (SSSR count). The van der Waals surface area contributed by atoms with Gasteiger partial charge in [-0.05, 0) is 48.7 Å². The van der Waals surface area contributed by atoms with Crippen molar-refractivity contribution in [2.24, 2.45) is 0 Å². The molecule has 2 N–H and O–H groups in total. The topological polar surface area (TPSA) is 59.6 Å². The Morgan fingerprint density at radius 2 is 2.12 bits per heavy atom. The number of hydrogen-bond donors (Lipinski definition) is 2. The number of methoxy groups -OCH3 is 1. The molecule has 0 aromatic heterocycles. The van der Waals surface area contributed by atoms with E-state index in [1.54, 1.807) is 7.11 Å². The van der Waals surface area contributed by atoms with E-state index in [2.05, 4.69) is 16.7 Å². The Labute approximate surface area is 148 Å². The first kappa shape index (κ1) is 17.3. The molecule has 0 unspecified atom stereocenters. The Morgan fingerprint density at radius 1 is 1.24 bits per heavy atom. The lowest BCUT2D eigenvalue weighted by molar-refractivity contribution is 0.0946. The molecule has 1 amide bonds. The van der Waals surface area contributed by atoms with Crippen molar-refractivity contribution in [3.05, 3.63) is 58.7 Å². The Kier molecular flexibility index (Phi) is 5.56. The van der Waals surface area contributed by atoms with Crippen LogP contribution in [0.25, 0.3) is 0 Å². The maximum Gasteiger partial charge on any atom is 0.251 e. The van der Waals surface area contributed by atoms with Gasteiger partial charge in [0.05, 0.1) is 13.7 Å². The minimum atomic E-state index is 0.00773. The molecule has 0 bridgehead atoms. The zero-order valence-corrected chi connectivity index (χ0v) is 14.7. The molecule has 1 aliphatic heterocycles. The molecule has 0 atom stereocenters. The third-order valence-corrected chi connectivity index (χ3v) is 4.37. The van der Waals surface area contributed by atoms with E-state index >= 15 is 0 Å². The summed E-state index contributed by atoms with van der Waals surface area (Å²) >= 11 is 0. The van der Waals surface area contributed by atoms with Crippen molar-refractivity contribution in [1.29, 1.82) is 0 Å². The highest BCUT2D eigenvalue weighted by atomic mass is 16.5. The Balaban J connectivity index is 1.76. The molecule has 0 aliphatic carbocycles. The summed E-state index contributed by atoms with van der Waals surface area (Å²) in [7, 11) is 1.67. The van der Waals surface area contributed by atoms with Crippen LogP contribution in [0.5, 0.6) is 5.75 Å². The van der Waals surface area contributed by atoms with Gasteiger partial charge in [0.25, 0.3) is 5.91 Å². The van der Waals surface area contributed by atoms with Gasteiger partial charge in [0.2, 0.25) is 0 Å². The molecule has 0 saturated heterocycles. The van der Waals surface area contributed by atoms with Gasteiger partial charge in [-0.25, -0.2) is 0 Å². The van der Waals surface area contributed by atoms with E-state index in [0.717, 1.165) is 40.1 Å². The van der Waals surface area contributed by atoms with Crippen molar-refractivity contribution >= 4 is 11.6 Å². The van der Waals surface area contributed by atoms with E-state index in [-0.39, 0.29) is 5.91 Å². The number of ether oxygens (including phenoxy) is 2. The lowest BCUT2D eigenvalue weighted by Gasteiger charge is -2.20. The van der Waals surface area contributed by atoms with Crippen molar-refractivity contribution < 1.29 is 14.3 Å². The number of rotatable bonds is 7. The lowest BCUT2D eigenvalue weighted by atomic mass is 9.98. The molecule has 2 aromatic carbocycles. The zero-order valence-electron chi connectivity index (χ0n) is 14.7. The number of carbonyl (C=O) groups excluding carboxylic acids is 1. The SMILES string of the molecule is CCOCc1cc(CNc2cccc3c2CCNC3=O)ccc1OC. The molecular formula is C20H24N2O3. The maximum absolute atomic E-state index is 12.0. The smallest absolute Gasteiger partial charge is 0.251 e. The van der Waals surface area contributed by atoms with E-state index in [0.29, 0.717) is 26.3 Å². The Hall–Kier alpha value is -2.53. The van der Waals surface area contributed by atoms with Gasteiger partial charge in [0, 0.05) is 36.5 Å². The van der Waals surface area contributed by atoms with Crippen LogP contribution in [0.15, 0.2) is 36.4 Å². The third kappa shape index (κ3) is 3.94. The fourth-order valence-electron chi connectivity index (χ4n) is 3.09. The van der Waals surface area contributed by atoms with Crippen LogP contribution in [0.2, 0.25) is 0 Å². The number of carbonyl (C=O) groups is 1. The van der Waals surface area contributed by atoms with Crippen molar-refractivity contribution in [2.45, 2.75) is 26.5 Å². The van der Waals surface area contributed by atoms with Gasteiger partial charge < -0.3 is 20.1 Å². The molecule has 0 spiro atoms. The number of fused-ring (bicyclic) bond motifs is 1. The highest BCUT2D eigenvalue weighted by Gasteiger charge is 2.18. The van der Waals surface area contributed by atoms with Crippen molar-refractivity contribution in [3.63, 3.8) is 0 Å². The molecule has 25 heavy (non-hydrogen) atoms. The Morgan fingerprint density at radius 3 is 2.92 bits per heavy atom. The average Bonchev–Trinajstić information content (AvgIpc) is 2.65. The van der Waals surface area contributed by atoms with Crippen LogP contribution < -0.4 is 15.4 Å². The standard InChI is InChI=1S/C20H24N2O3/c1-3-25-13-15-11-14(7-8-19(15)24-2)12-22-18-6-4-5-17-16(18)9-10-21-20(17)23/h4-8,11,22H,3,9-10,12-13H2,1-2H3,(H,21,23). The summed E-state index contributed by atoms with van der Waals surface area (Å²) < 4.78 is 10.9. The second kappa shape index (κ2) is 8.03. The van der Waals surface area contributed by atoms with Gasteiger partial charge >= 0.3 is 0 Å². The molecule has 1 heterocycles. The first-order valence-electron chi connectivity index (χ1n) is 8.60. The minimum absolute atomic E-state index is 0.00773. The molecule has 0 fully saturated rings. The van der Waals surface area contributed by atoms with Gasteiger partial charge in [-0.15, -0.1) is 0 Å². The molecule has 0 saturated carbocycles. The summed E-state index contributed by atoms with van der Waals surface area (Å²) in [6.45, 7) is 4.55. The largest absolute Gasteiger partial charge is 0.496 e. The van der Waals surface area contributed by atoms with E-state index in [1.807, 2.05) is 37.3 Å². The van der Waals surface area contributed by atoms with Gasteiger partial charge in [0.15, 0.2) is 0 Å². The molecule has 2 aromatic rings. The van der Waals surface area contributed by atoms with Crippen LogP contribution in [0, 0.1) is 0 Å². The van der Waals surface area contributed by atoms with E-state index in [9.17, 15) is 4.79 Å².